The van der Waals surface area contributed by atoms with Crippen molar-refractivity contribution in [3.63, 3.8) is 0 Å². The number of nitrogens with one attached hydrogen (secondary N) is 1. The summed E-state index contributed by atoms with van der Waals surface area (Å²) in [6.07, 6.45) is 0.775. The topological polar surface area (TPSA) is 81.1 Å². The van der Waals surface area contributed by atoms with Crippen molar-refractivity contribution >= 4 is 40.0 Å². The van der Waals surface area contributed by atoms with Crippen LogP contribution in [0.2, 0.25) is 0 Å². The maximum Gasteiger partial charge on any atom is 0.262 e. The van der Waals surface area contributed by atoms with E-state index in [2.05, 4.69) is 10.3 Å². The summed E-state index contributed by atoms with van der Waals surface area (Å²) in [5.41, 5.74) is 1.63. The first-order valence-electron chi connectivity index (χ1n) is 9.45. The number of para-hydroxylation sites is 1. The van der Waals surface area contributed by atoms with Crippen LogP contribution in [0.1, 0.15) is 43.6 Å². The first kappa shape index (κ1) is 20.8. The van der Waals surface area contributed by atoms with Crippen molar-refractivity contribution in [3.05, 3.63) is 64.4 Å². The number of carbonyl (C=O) groups is 2. The van der Waals surface area contributed by atoms with Crippen LogP contribution in [-0.2, 0) is 4.79 Å². The van der Waals surface area contributed by atoms with Crippen molar-refractivity contribution in [1.82, 2.24) is 9.55 Å². The molecule has 1 N–H and O–H groups in total. The average molecular weight is 410 g/mol. The molecule has 0 aliphatic heterocycles. The number of anilines is 1. The molecule has 0 aliphatic rings. The van der Waals surface area contributed by atoms with Crippen LogP contribution in [0.5, 0.6) is 0 Å². The van der Waals surface area contributed by atoms with E-state index in [0.717, 1.165) is 6.42 Å². The van der Waals surface area contributed by atoms with Crippen molar-refractivity contribution in [2.75, 3.05) is 11.1 Å². The Morgan fingerprint density at radius 2 is 1.93 bits per heavy atom. The first-order valence-corrected chi connectivity index (χ1v) is 10.4. The number of amides is 1. The number of thioether (sulfide) groups is 1. The van der Waals surface area contributed by atoms with Gasteiger partial charge < -0.3 is 5.32 Å². The Bertz CT molecular complexity index is 1120. The van der Waals surface area contributed by atoms with Gasteiger partial charge >= 0.3 is 0 Å². The summed E-state index contributed by atoms with van der Waals surface area (Å²) < 4.78 is 1.66. The number of benzene rings is 2. The Balaban J connectivity index is 1.82. The molecule has 1 amide bonds. The number of Topliss-reactive ketones (excluding diaryl/α,β-unsaturated/α-hetero) is 1. The number of hydrogen-bond donors (Lipinski definition) is 1. The second kappa shape index (κ2) is 9.05. The van der Waals surface area contributed by atoms with Gasteiger partial charge in [-0.3, -0.25) is 19.0 Å². The molecule has 2 aromatic carbocycles. The van der Waals surface area contributed by atoms with E-state index in [4.69, 9.17) is 0 Å². The fraction of sp³-hybridized carbons (Fsp3) is 0.273. The summed E-state index contributed by atoms with van der Waals surface area (Å²) in [6.45, 7) is 5.46. The van der Waals surface area contributed by atoms with Gasteiger partial charge in [0.25, 0.3) is 5.56 Å². The van der Waals surface area contributed by atoms with E-state index >= 15 is 0 Å². The number of carbonyl (C=O) groups excluding carboxylic acids is 2. The fourth-order valence-electron chi connectivity index (χ4n) is 2.94. The minimum absolute atomic E-state index is 0.0302. The smallest absolute Gasteiger partial charge is 0.262 e. The molecule has 1 heterocycles. The molecule has 0 fully saturated rings. The molecule has 0 unspecified atom stereocenters. The highest BCUT2D eigenvalue weighted by Crippen LogP contribution is 2.22. The molecule has 0 saturated heterocycles. The molecule has 150 valence electrons. The van der Waals surface area contributed by atoms with Crippen molar-refractivity contribution in [1.29, 1.82) is 0 Å². The summed E-state index contributed by atoms with van der Waals surface area (Å²) >= 11 is 1.23. The van der Waals surface area contributed by atoms with E-state index < -0.39 is 0 Å². The number of aromatic nitrogens is 2. The van der Waals surface area contributed by atoms with Crippen LogP contribution < -0.4 is 10.9 Å². The minimum Gasteiger partial charge on any atom is -0.325 e. The first-order chi connectivity index (χ1) is 13.9. The van der Waals surface area contributed by atoms with E-state index in [9.17, 15) is 14.4 Å². The lowest BCUT2D eigenvalue weighted by Crippen LogP contribution is -2.26. The van der Waals surface area contributed by atoms with Crippen LogP contribution in [0.3, 0.4) is 0 Å². The minimum atomic E-state index is -0.228. The van der Waals surface area contributed by atoms with Crippen LogP contribution in [0.4, 0.5) is 5.69 Å². The van der Waals surface area contributed by atoms with E-state index in [0.29, 0.717) is 27.3 Å². The monoisotopic (exact) mass is 409 g/mol. The lowest BCUT2D eigenvalue weighted by atomic mass is 10.1. The quantitative estimate of drug-likeness (QED) is 0.357. The van der Waals surface area contributed by atoms with E-state index in [1.807, 2.05) is 26.0 Å². The van der Waals surface area contributed by atoms with Crippen molar-refractivity contribution in [3.8, 4) is 0 Å². The van der Waals surface area contributed by atoms with Crippen LogP contribution in [0.25, 0.3) is 10.9 Å². The van der Waals surface area contributed by atoms with Crippen molar-refractivity contribution < 1.29 is 9.59 Å². The molecular formula is C22H23N3O3S. The van der Waals surface area contributed by atoms with Gasteiger partial charge in [-0.05, 0) is 44.5 Å². The van der Waals surface area contributed by atoms with Crippen molar-refractivity contribution in [2.24, 2.45) is 0 Å². The van der Waals surface area contributed by atoms with Gasteiger partial charge in [-0.1, -0.05) is 43.0 Å². The Kier molecular flexibility index (Phi) is 6.49. The summed E-state index contributed by atoms with van der Waals surface area (Å²) in [4.78, 5) is 41.5. The molecule has 0 spiro atoms. The lowest BCUT2D eigenvalue weighted by Gasteiger charge is -2.18. The maximum absolute atomic E-state index is 13.0. The highest BCUT2D eigenvalue weighted by molar-refractivity contribution is 7.99. The zero-order valence-corrected chi connectivity index (χ0v) is 17.5. The van der Waals surface area contributed by atoms with Crippen LogP contribution in [0, 0.1) is 0 Å². The standard InChI is InChI=1S/C22H23N3O3S/c1-4-14(2)25-21(28)18-10-5-6-11-19(18)24-22(25)29-13-20(27)23-17-9-7-8-16(12-17)15(3)26/h5-12,14H,4,13H2,1-3H3,(H,23,27)/t14-/m1/s1. The number of fused-ring (bicyclic) bond motifs is 1. The number of nitrogens with zero attached hydrogens (tertiary/aromatic N) is 2. The number of hydrogen-bond acceptors (Lipinski definition) is 5. The molecule has 0 radical (unpaired) electrons. The molecule has 1 atom stereocenters. The molecule has 0 aliphatic carbocycles. The van der Waals surface area contributed by atoms with Gasteiger partial charge in [0.05, 0.1) is 16.7 Å². The van der Waals surface area contributed by atoms with E-state index in [-0.39, 0.29) is 29.0 Å². The normalized spacial score (nSPS) is 12.0. The van der Waals surface area contributed by atoms with Gasteiger partial charge in [0.1, 0.15) is 0 Å². The Morgan fingerprint density at radius 3 is 2.66 bits per heavy atom. The predicted octanol–water partition coefficient (Wildman–Crippen LogP) is 4.30. The summed E-state index contributed by atoms with van der Waals surface area (Å²) in [6, 6.07) is 14.0. The Morgan fingerprint density at radius 1 is 1.17 bits per heavy atom. The number of ketones is 1. The van der Waals surface area contributed by atoms with Gasteiger partial charge in [0.15, 0.2) is 10.9 Å². The third-order valence-electron chi connectivity index (χ3n) is 4.69. The predicted molar refractivity (Wildman–Crippen MR) is 117 cm³/mol. The maximum atomic E-state index is 13.0. The molecule has 3 aromatic rings. The highest BCUT2D eigenvalue weighted by Gasteiger charge is 2.16. The van der Waals surface area contributed by atoms with Gasteiger partial charge in [-0.15, -0.1) is 0 Å². The Hall–Kier alpha value is -2.93. The van der Waals surface area contributed by atoms with Crippen LogP contribution >= 0.6 is 11.8 Å². The Labute approximate surface area is 173 Å². The molecule has 6 nitrogen and oxygen atoms in total. The second-order valence-corrected chi connectivity index (χ2v) is 7.76. The van der Waals surface area contributed by atoms with Crippen LogP contribution in [-0.4, -0.2) is 27.0 Å². The van der Waals surface area contributed by atoms with Crippen molar-refractivity contribution in [2.45, 2.75) is 38.4 Å². The summed E-state index contributed by atoms with van der Waals surface area (Å²) in [5.74, 6) is -0.187. The lowest BCUT2D eigenvalue weighted by molar-refractivity contribution is -0.113. The SMILES string of the molecule is CC[C@@H](C)n1c(SCC(=O)Nc2cccc(C(C)=O)c2)nc2ccccc2c1=O. The van der Waals surface area contributed by atoms with Crippen LogP contribution in [0.15, 0.2) is 58.5 Å². The fourth-order valence-corrected chi connectivity index (χ4v) is 3.84. The molecular weight excluding hydrogens is 386 g/mol. The average Bonchev–Trinajstić information content (AvgIpc) is 2.72. The van der Waals surface area contributed by atoms with E-state index in [1.54, 1.807) is 41.0 Å². The second-order valence-electron chi connectivity index (χ2n) is 6.82. The van der Waals surface area contributed by atoms with Gasteiger partial charge in [-0.25, -0.2) is 4.98 Å². The third-order valence-corrected chi connectivity index (χ3v) is 5.64. The molecule has 29 heavy (non-hydrogen) atoms. The highest BCUT2D eigenvalue weighted by atomic mass is 32.2. The largest absolute Gasteiger partial charge is 0.325 e. The van der Waals surface area contributed by atoms with E-state index in [1.165, 1.54) is 18.7 Å². The molecule has 0 bridgehead atoms. The zero-order chi connectivity index (χ0) is 21.0. The summed E-state index contributed by atoms with van der Waals surface area (Å²) in [7, 11) is 0. The van der Waals surface area contributed by atoms with Gasteiger partial charge in [0.2, 0.25) is 5.91 Å². The number of rotatable bonds is 7. The molecule has 7 heteroatoms. The molecule has 1 aromatic heterocycles. The molecule has 0 saturated carbocycles. The van der Waals surface area contributed by atoms with Gasteiger partial charge in [0, 0.05) is 17.3 Å². The van der Waals surface area contributed by atoms with Gasteiger partial charge in [-0.2, -0.15) is 0 Å². The summed E-state index contributed by atoms with van der Waals surface area (Å²) in [5, 5.41) is 3.89. The zero-order valence-electron chi connectivity index (χ0n) is 16.6. The third kappa shape index (κ3) is 4.74. The molecule has 3 rings (SSSR count).